The van der Waals surface area contributed by atoms with Gasteiger partial charge in [0.15, 0.2) is 0 Å². The zero-order valence-electron chi connectivity index (χ0n) is 13.9. The monoisotopic (exact) mass is 316 g/mol. The molecule has 126 valence electrons. The highest BCUT2D eigenvalue weighted by Crippen LogP contribution is 2.42. The molecule has 1 saturated heterocycles. The summed E-state index contributed by atoms with van der Waals surface area (Å²) in [4.78, 5) is 11.7. The molecule has 0 aromatic heterocycles. The van der Waals surface area contributed by atoms with E-state index in [1.54, 1.807) is 0 Å². The maximum Gasteiger partial charge on any atom is 0.310 e. The van der Waals surface area contributed by atoms with E-state index in [9.17, 15) is 9.90 Å². The quantitative estimate of drug-likeness (QED) is 0.541. The van der Waals surface area contributed by atoms with Gasteiger partial charge in [-0.15, -0.1) is 0 Å². The Morgan fingerprint density at radius 1 is 1.00 bits per heavy atom. The van der Waals surface area contributed by atoms with Crippen LogP contribution in [0.1, 0.15) is 45.4 Å². The first-order valence-corrected chi connectivity index (χ1v) is 8.74. The first kappa shape index (κ1) is 17.7. The summed E-state index contributed by atoms with van der Waals surface area (Å²) in [7, 11) is 0. The molecule has 1 aliphatic heterocycles. The molecule has 0 aromatic carbocycles. The van der Waals surface area contributed by atoms with Crippen molar-refractivity contribution in [1.29, 1.82) is 0 Å². The van der Waals surface area contributed by atoms with E-state index in [-0.39, 0.29) is 23.9 Å². The predicted octanol–water partition coefficient (Wildman–Crippen LogP) is 4.10. The van der Waals surface area contributed by atoms with Crippen LogP contribution in [0.4, 0.5) is 0 Å². The van der Waals surface area contributed by atoms with Crippen LogP contribution in [0.5, 0.6) is 0 Å². The second-order valence-electron chi connectivity index (χ2n) is 6.19. The molecule has 23 heavy (non-hydrogen) atoms. The molecule has 0 bridgehead atoms. The van der Waals surface area contributed by atoms with E-state index in [0.717, 1.165) is 32.1 Å². The van der Waals surface area contributed by atoms with Crippen molar-refractivity contribution in [2.24, 2.45) is 11.8 Å². The molecule has 0 amide bonds. The number of ether oxygens (including phenoxy) is 1. The van der Waals surface area contributed by atoms with Gasteiger partial charge in [-0.3, -0.25) is 4.79 Å². The molecule has 1 saturated carbocycles. The molecule has 1 N–H and O–H groups in total. The number of carbonyl (C=O) groups is 1. The largest absolute Gasteiger partial charge is 0.457 e. The van der Waals surface area contributed by atoms with E-state index in [1.807, 2.05) is 12.2 Å². The summed E-state index contributed by atoms with van der Waals surface area (Å²) < 4.78 is 5.36. The van der Waals surface area contributed by atoms with E-state index in [2.05, 4.69) is 43.4 Å². The lowest BCUT2D eigenvalue weighted by atomic mass is 9.92. The average Bonchev–Trinajstić information content (AvgIpc) is 3.07. The maximum atomic E-state index is 11.7. The summed E-state index contributed by atoms with van der Waals surface area (Å²) >= 11 is 0. The minimum absolute atomic E-state index is 0.0400. The van der Waals surface area contributed by atoms with Gasteiger partial charge >= 0.3 is 5.97 Å². The van der Waals surface area contributed by atoms with E-state index >= 15 is 0 Å². The zero-order chi connectivity index (χ0) is 16.5. The molecule has 1 heterocycles. The number of hydrogen-bond acceptors (Lipinski definition) is 3. The first-order chi connectivity index (χ1) is 11.2. The van der Waals surface area contributed by atoms with Crippen molar-refractivity contribution >= 4 is 5.97 Å². The smallest absolute Gasteiger partial charge is 0.310 e. The standard InChI is InChI=1S/C20H28O3/c1-2-3-4-5-6-7-8-9-10-11-12-13-18-19-16(20(22)23-18)14-15-17(19)21/h3-4,6-7,9-10,12-13,16-19,21H,2,5,8,11,14-15H2,1H3/b4-3+,7-6+,10-9+,13-12+/t16-,17+,18+,19-/m0/s1. The third-order valence-electron chi connectivity index (χ3n) is 4.49. The molecule has 3 heteroatoms. The van der Waals surface area contributed by atoms with Crippen molar-refractivity contribution in [1.82, 2.24) is 0 Å². The number of aliphatic hydroxyl groups is 1. The fourth-order valence-electron chi connectivity index (χ4n) is 3.29. The maximum absolute atomic E-state index is 11.7. The first-order valence-electron chi connectivity index (χ1n) is 8.74. The number of rotatable bonds is 8. The lowest BCUT2D eigenvalue weighted by Gasteiger charge is -2.15. The molecule has 0 unspecified atom stereocenters. The summed E-state index contributed by atoms with van der Waals surface area (Å²) in [5, 5.41) is 9.97. The van der Waals surface area contributed by atoms with Crippen LogP contribution in [0.15, 0.2) is 48.6 Å². The Labute approximate surface area is 139 Å². The second kappa shape index (κ2) is 9.51. The number of hydrogen-bond donors (Lipinski definition) is 1. The predicted molar refractivity (Wildman–Crippen MR) is 92.8 cm³/mol. The molecule has 2 fully saturated rings. The van der Waals surface area contributed by atoms with Gasteiger partial charge in [0.25, 0.3) is 0 Å². The molecule has 0 aromatic rings. The average molecular weight is 316 g/mol. The fraction of sp³-hybridized carbons (Fsp3) is 0.550. The van der Waals surface area contributed by atoms with Crippen LogP contribution < -0.4 is 0 Å². The van der Waals surface area contributed by atoms with Crippen molar-refractivity contribution < 1.29 is 14.6 Å². The van der Waals surface area contributed by atoms with Crippen LogP contribution in [0, 0.1) is 11.8 Å². The highest BCUT2D eigenvalue weighted by atomic mass is 16.6. The number of allylic oxidation sites excluding steroid dienone is 7. The van der Waals surface area contributed by atoms with E-state index in [1.165, 1.54) is 0 Å². The Hall–Kier alpha value is -1.61. The van der Waals surface area contributed by atoms with Crippen molar-refractivity contribution in [2.75, 3.05) is 0 Å². The van der Waals surface area contributed by atoms with Crippen molar-refractivity contribution in [3.05, 3.63) is 48.6 Å². The van der Waals surface area contributed by atoms with Gasteiger partial charge in [-0.1, -0.05) is 49.5 Å². The normalized spacial score (nSPS) is 31.1. The Morgan fingerprint density at radius 2 is 1.61 bits per heavy atom. The van der Waals surface area contributed by atoms with Crippen LogP contribution in [0.3, 0.4) is 0 Å². The van der Waals surface area contributed by atoms with Gasteiger partial charge in [-0.25, -0.2) is 0 Å². The van der Waals surface area contributed by atoms with Crippen molar-refractivity contribution in [3.63, 3.8) is 0 Å². The summed E-state index contributed by atoms with van der Waals surface area (Å²) in [6.45, 7) is 2.14. The topological polar surface area (TPSA) is 46.5 Å². The van der Waals surface area contributed by atoms with Gasteiger partial charge in [-0.05, 0) is 44.6 Å². The van der Waals surface area contributed by atoms with Crippen LogP contribution in [-0.2, 0) is 9.53 Å². The highest BCUT2D eigenvalue weighted by Gasteiger charge is 2.50. The molecule has 2 aliphatic rings. The SMILES string of the molecule is CC/C=C/C/C=C/C/C=C/C/C=C/[C@H]1OC(=O)[C@H]2CC[C@@H](O)[C@H]21. The highest BCUT2D eigenvalue weighted by molar-refractivity contribution is 5.76. The summed E-state index contributed by atoms with van der Waals surface area (Å²) in [5.41, 5.74) is 0. The van der Waals surface area contributed by atoms with E-state index in [4.69, 9.17) is 4.74 Å². The summed E-state index contributed by atoms with van der Waals surface area (Å²) in [6.07, 6.45) is 21.6. The van der Waals surface area contributed by atoms with Crippen LogP contribution in [-0.4, -0.2) is 23.3 Å². The van der Waals surface area contributed by atoms with Crippen LogP contribution in [0.25, 0.3) is 0 Å². The Morgan fingerprint density at radius 3 is 2.26 bits per heavy atom. The van der Waals surface area contributed by atoms with E-state index in [0.29, 0.717) is 6.42 Å². The molecular weight excluding hydrogens is 288 g/mol. The third kappa shape index (κ3) is 5.21. The number of fused-ring (bicyclic) bond motifs is 1. The van der Waals surface area contributed by atoms with Crippen LogP contribution >= 0.6 is 0 Å². The molecule has 0 spiro atoms. The lowest BCUT2D eigenvalue weighted by molar-refractivity contribution is -0.143. The molecule has 0 radical (unpaired) electrons. The molecular formula is C20H28O3. The van der Waals surface area contributed by atoms with Gasteiger partial charge < -0.3 is 9.84 Å². The Kier molecular flexibility index (Phi) is 7.34. The summed E-state index contributed by atoms with van der Waals surface area (Å²) in [6, 6.07) is 0. The zero-order valence-corrected chi connectivity index (χ0v) is 13.9. The summed E-state index contributed by atoms with van der Waals surface area (Å²) in [5.74, 6) is -0.275. The van der Waals surface area contributed by atoms with Gasteiger partial charge in [0, 0.05) is 5.92 Å². The van der Waals surface area contributed by atoms with Crippen LogP contribution in [0.2, 0.25) is 0 Å². The molecule has 4 atom stereocenters. The van der Waals surface area contributed by atoms with Gasteiger partial charge in [-0.2, -0.15) is 0 Å². The molecule has 1 aliphatic carbocycles. The minimum Gasteiger partial charge on any atom is -0.457 e. The number of cyclic esters (lactones) is 1. The number of aliphatic hydroxyl groups excluding tert-OH is 1. The fourth-order valence-corrected chi connectivity index (χ4v) is 3.29. The van der Waals surface area contributed by atoms with Gasteiger partial charge in [0.05, 0.1) is 12.0 Å². The van der Waals surface area contributed by atoms with E-state index < -0.39 is 6.10 Å². The molecule has 2 rings (SSSR count). The van der Waals surface area contributed by atoms with Crippen molar-refractivity contribution in [3.8, 4) is 0 Å². The second-order valence-corrected chi connectivity index (χ2v) is 6.19. The molecule has 3 nitrogen and oxygen atoms in total. The number of esters is 1. The lowest BCUT2D eigenvalue weighted by Crippen LogP contribution is -2.25. The third-order valence-corrected chi connectivity index (χ3v) is 4.49. The minimum atomic E-state index is -0.400. The number of carbonyl (C=O) groups excluding carboxylic acids is 1. The van der Waals surface area contributed by atoms with Gasteiger partial charge in [0.1, 0.15) is 6.10 Å². The Balaban J connectivity index is 1.66. The van der Waals surface area contributed by atoms with Crippen molar-refractivity contribution in [2.45, 2.75) is 57.7 Å². The Bertz CT molecular complexity index is 487. The van der Waals surface area contributed by atoms with Gasteiger partial charge in [0.2, 0.25) is 0 Å².